The zero-order chi connectivity index (χ0) is 11.8. The van der Waals surface area contributed by atoms with Crippen LogP contribution in [-0.4, -0.2) is 35.9 Å². The van der Waals surface area contributed by atoms with E-state index in [1.165, 1.54) is 0 Å². The van der Waals surface area contributed by atoms with Gasteiger partial charge in [0.2, 0.25) is 10.0 Å². The van der Waals surface area contributed by atoms with Crippen LogP contribution in [0.4, 0.5) is 0 Å². The number of piperidine rings is 1. The summed E-state index contributed by atoms with van der Waals surface area (Å²) >= 11 is 6.14. The first-order valence-corrected chi connectivity index (χ1v) is 8.24. The number of unbranched alkanes of at least 4 members (excludes halogenated alkanes) is 1. The van der Waals surface area contributed by atoms with Gasteiger partial charge < -0.3 is 0 Å². The van der Waals surface area contributed by atoms with Crippen molar-refractivity contribution in [3.63, 3.8) is 0 Å². The molecule has 0 radical (unpaired) electrons. The predicted octanol–water partition coefficient (Wildman–Crippen LogP) is 2.35. The molecule has 2 heterocycles. The number of alkyl halides is 1. The Balaban J connectivity index is 2.10. The molecule has 0 N–H and O–H groups in total. The molecule has 3 nitrogen and oxygen atoms in total. The summed E-state index contributed by atoms with van der Waals surface area (Å²) in [5.41, 5.74) is 0. The molecule has 2 aliphatic heterocycles. The van der Waals surface area contributed by atoms with Crippen molar-refractivity contribution in [3.05, 3.63) is 0 Å². The highest BCUT2D eigenvalue weighted by atomic mass is 35.5. The highest BCUT2D eigenvalue weighted by molar-refractivity contribution is 7.89. The van der Waals surface area contributed by atoms with Crippen molar-refractivity contribution in [2.45, 2.75) is 62.9 Å². The summed E-state index contributed by atoms with van der Waals surface area (Å²) in [6.07, 6.45) is 5.37. The lowest BCUT2D eigenvalue weighted by Gasteiger charge is -2.35. The average Bonchev–Trinajstić information content (AvgIpc) is 2.50. The molecule has 2 atom stereocenters. The van der Waals surface area contributed by atoms with Crippen molar-refractivity contribution in [2.24, 2.45) is 0 Å². The molecular weight excluding hydrogens is 246 g/mol. The summed E-state index contributed by atoms with van der Waals surface area (Å²) in [5.74, 6) is 0.309. The van der Waals surface area contributed by atoms with Gasteiger partial charge in [-0.25, -0.2) is 8.42 Å². The molecule has 16 heavy (non-hydrogen) atoms. The number of hydrogen-bond acceptors (Lipinski definition) is 2. The van der Waals surface area contributed by atoms with Gasteiger partial charge in [0.25, 0.3) is 0 Å². The van der Waals surface area contributed by atoms with Gasteiger partial charge in [0.1, 0.15) is 0 Å². The first-order chi connectivity index (χ1) is 7.54. The number of rotatable bonds is 4. The summed E-state index contributed by atoms with van der Waals surface area (Å²) in [6, 6.07) is 0.367. The number of nitrogens with zero attached hydrogens (tertiary/aromatic N) is 1. The van der Waals surface area contributed by atoms with Crippen LogP contribution >= 0.6 is 11.6 Å². The first-order valence-electron chi connectivity index (χ1n) is 6.20. The second-order valence-electron chi connectivity index (χ2n) is 4.95. The maximum atomic E-state index is 12.2. The molecule has 0 aromatic rings. The third-order valence-corrected chi connectivity index (χ3v) is 6.09. The Morgan fingerprint density at radius 3 is 2.31 bits per heavy atom. The zero-order valence-corrected chi connectivity index (χ0v) is 11.3. The molecule has 2 unspecified atom stereocenters. The van der Waals surface area contributed by atoms with Crippen LogP contribution in [0.25, 0.3) is 0 Å². The molecule has 0 amide bonds. The molecule has 0 aromatic carbocycles. The molecular formula is C11H20ClNO2S. The van der Waals surface area contributed by atoms with E-state index in [9.17, 15) is 8.42 Å². The molecule has 2 aliphatic rings. The molecule has 0 aliphatic carbocycles. The summed E-state index contributed by atoms with van der Waals surface area (Å²) in [5, 5.41) is 0.176. The fourth-order valence-electron chi connectivity index (χ4n) is 2.95. The van der Waals surface area contributed by atoms with Crippen LogP contribution in [0.1, 0.15) is 45.4 Å². The number of fused-ring (bicyclic) bond motifs is 2. The van der Waals surface area contributed by atoms with Crippen LogP contribution in [0, 0.1) is 0 Å². The minimum absolute atomic E-state index is 0.176. The van der Waals surface area contributed by atoms with Crippen molar-refractivity contribution < 1.29 is 8.42 Å². The van der Waals surface area contributed by atoms with E-state index in [0.717, 1.165) is 38.5 Å². The maximum Gasteiger partial charge on any atom is 0.214 e. The summed E-state index contributed by atoms with van der Waals surface area (Å²) in [7, 11) is -3.03. The lowest BCUT2D eigenvalue weighted by molar-refractivity contribution is 0.251. The van der Waals surface area contributed by atoms with Crippen LogP contribution in [0.2, 0.25) is 0 Å². The van der Waals surface area contributed by atoms with Crippen molar-refractivity contribution in [1.82, 2.24) is 4.31 Å². The number of sulfonamides is 1. The minimum Gasteiger partial charge on any atom is -0.212 e. The van der Waals surface area contributed by atoms with Crippen molar-refractivity contribution >= 4 is 21.6 Å². The molecule has 2 bridgehead atoms. The maximum absolute atomic E-state index is 12.2. The van der Waals surface area contributed by atoms with E-state index in [1.54, 1.807) is 4.31 Å². The summed E-state index contributed by atoms with van der Waals surface area (Å²) in [6.45, 7) is 2.02. The van der Waals surface area contributed by atoms with E-state index in [1.807, 2.05) is 6.92 Å². The molecule has 0 spiro atoms. The fourth-order valence-corrected chi connectivity index (χ4v) is 5.52. The van der Waals surface area contributed by atoms with E-state index >= 15 is 0 Å². The fraction of sp³-hybridized carbons (Fsp3) is 1.00. The number of halogens is 1. The Bertz CT molecular complexity index is 330. The van der Waals surface area contributed by atoms with Crippen LogP contribution < -0.4 is 0 Å². The van der Waals surface area contributed by atoms with Gasteiger partial charge in [0, 0.05) is 17.5 Å². The van der Waals surface area contributed by atoms with Crippen LogP contribution in [0.15, 0.2) is 0 Å². The molecule has 2 fully saturated rings. The third kappa shape index (κ3) is 2.39. The second-order valence-corrected chi connectivity index (χ2v) is 7.56. The van der Waals surface area contributed by atoms with E-state index in [2.05, 4.69) is 0 Å². The molecule has 0 saturated carbocycles. The van der Waals surface area contributed by atoms with E-state index in [-0.39, 0.29) is 17.5 Å². The Labute approximate surface area is 103 Å². The topological polar surface area (TPSA) is 37.4 Å². The molecule has 2 rings (SSSR count). The Hall–Kier alpha value is 0.200. The van der Waals surface area contributed by atoms with Gasteiger partial charge >= 0.3 is 0 Å². The highest BCUT2D eigenvalue weighted by Crippen LogP contribution is 2.39. The SMILES string of the molecule is CCCCS(=O)(=O)N1C2CCC1CC(Cl)C2. The highest BCUT2D eigenvalue weighted by Gasteiger charge is 2.45. The lowest BCUT2D eigenvalue weighted by atomic mass is 10.1. The van der Waals surface area contributed by atoms with Crippen LogP contribution in [0.5, 0.6) is 0 Å². The quantitative estimate of drug-likeness (QED) is 0.732. The summed E-state index contributed by atoms with van der Waals surface area (Å²) < 4.78 is 26.2. The van der Waals surface area contributed by atoms with Gasteiger partial charge in [-0.15, -0.1) is 11.6 Å². The monoisotopic (exact) mass is 265 g/mol. The molecule has 5 heteroatoms. The summed E-state index contributed by atoms with van der Waals surface area (Å²) in [4.78, 5) is 0. The van der Waals surface area contributed by atoms with Gasteiger partial charge in [-0.2, -0.15) is 4.31 Å². The Kier molecular flexibility index (Phi) is 3.82. The standard InChI is InChI=1S/C11H20ClNO2S/c1-2-3-6-16(14,15)13-10-4-5-11(13)8-9(12)7-10/h9-11H,2-8H2,1H3. The van der Waals surface area contributed by atoms with Gasteiger partial charge in [0.05, 0.1) is 5.75 Å². The van der Waals surface area contributed by atoms with Gasteiger partial charge in [-0.1, -0.05) is 13.3 Å². The second kappa shape index (κ2) is 4.83. The molecule has 2 saturated heterocycles. The molecule has 94 valence electrons. The van der Waals surface area contributed by atoms with Crippen molar-refractivity contribution in [1.29, 1.82) is 0 Å². The minimum atomic E-state index is -3.03. The van der Waals surface area contributed by atoms with Gasteiger partial charge in [0.15, 0.2) is 0 Å². The van der Waals surface area contributed by atoms with Crippen molar-refractivity contribution in [2.75, 3.05) is 5.75 Å². The zero-order valence-electron chi connectivity index (χ0n) is 9.73. The third-order valence-electron chi connectivity index (χ3n) is 3.69. The van der Waals surface area contributed by atoms with Gasteiger partial charge in [-0.05, 0) is 32.1 Å². The normalized spacial score (nSPS) is 35.5. The predicted molar refractivity (Wildman–Crippen MR) is 66.2 cm³/mol. The number of hydrogen-bond donors (Lipinski definition) is 0. The first kappa shape index (κ1) is 12.7. The smallest absolute Gasteiger partial charge is 0.212 e. The lowest BCUT2D eigenvalue weighted by Crippen LogP contribution is -2.47. The van der Waals surface area contributed by atoms with Crippen molar-refractivity contribution in [3.8, 4) is 0 Å². The van der Waals surface area contributed by atoms with Crippen LogP contribution in [-0.2, 0) is 10.0 Å². The Morgan fingerprint density at radius 2 is 1.81 bits per heavy atom. The average molecular weight is 266 g/mol. The van der Waals surface area contributed by atoms with Crippen LogP contribution in [0.3, 0.4) is 0 Å². The largest absolute Gasteiger partial charge is 0.214 e. The van der Waals surface area contributed by atoms with Gasteiger partial charge in [-0.3, -0.25) is 0 Å². The molecule has 0 aromatic heterocycles. The Morgan fingerprint density at radius 1 is 1.25 bits per heavy atom. The van der Waals surface area contributed by atoms with E-state index in [0.29, 0.717) is 5.75 Å². The van der Waals surface area contributed by atoms with E-state index in [4.69, 9.17) is 11.6 Å². The van der Waals surface area contributed by atoms with E-state index < -0.39 is 10.0 Å².